The highest BCUT2D eigenvalue weighted by Gasteiger charge is 2.33. The highest BCUT2D eigenvalue weighted by molar-refractivity contribution is 5.78. The average molecular weight is 262 g/mol. The monoisotopic (exact) mass is 262 g/mol. The highest BCUT2D eigenvalue weighted by Crippen LogP contribution is 2.47. The molecule has 0 saturated heterocycles. The first-order valence-corrected chi connectivity index (χ1v) is 6.31. The van der Waals surface area contributed by atoms with Crippen molar-refractivity contribution in [1.82, 2.24) is 0 Å². The van der Waals surface area contributed by atoms with Crippen molar-refractivity contribution < 1.29 is 13.2 Å². The number of hydrogen-bond acceptors (Lipinski definition) is 0. The van der Waals surface area contributed by atoms with E-state index in [1.807, 2.05) is 48.5 Å². The summed E-state index contributed by atoms with van der Waals surface area (Å²) < 4.78 is 37.4. The van der Waals surface area contributed by atoms with E-state index in [0.29, 0.717) is 0 Å². The van der Waals surface area contributed by atoms with Gasteiger partial charge in [-0.05, 0) is 28.7 Å². The molecule has 1 aliphatic rings. The Labute approximate surface area is 109 Å². The Balaban J connectivity index is 2.00. The smallest absolute Gasteiger partial charge is 0.171 e. The second-order valence-electron chi connectivity index (χ2n) is 4.88. The Hall–Kier alpha value is -1.77. The number of halogens is 3. The lowest BCUT2D eigenvalue weighted by Gasteiger charge is -2.14. The zero-order valence-electron chi connectivity index (χ0n) is 10.2. The molecule has 19 heavy (non-hydrogen) atoms. The third kappa shape index (κ3) is 2.25. The first-order chi connectivity index (χ1) is 9.06. The topological polar surface area (TPSA) is 0 Å². The van der Waals surface area contributed by atoms with Crippen LogP contribution in [0, 0.1) is 0 Å². The molecular weight excluding hydrogens is 249 g/mol. The Morgan fingerprint density at radius 3 is 1.74 bits per heavy atom. The summed E-state index contributed by atoms with van der Waals surface area (Å²) in [6, 6.07) is 15.5. The highest BCUT2D eigenvalue weighted by atomic mass is 19.4. The third-order valence-electron chi connectivity index (χ3n) is 3.68. The number of hydrogen-bond donors (Lipinski definition) is 0. The van der Waals surface area contributed by atoms with Crippen molar-refractivity contribution in [3.8, 4) is 11.1 Å². The molecule has 0 nitrogen and oxygen atoms in total. The van der Waals surface area contributed by atoms with E-state index in [-0.39, 0.29) is 12.3 Å². The minimum Gasteiger partial charge on any atom is -0.171 e. The molecule has 2 aromatic carbocycles. The summed E-state index contributed by atoms with van der Waals surface area (Å²) in [5, 5.41) is 0. The molecule has 0 N–H and O–H groups in total. The molecule has 0 atom stereocenters. The largest absolute Gasteiger partial charge is 0.389 e. The zero-order valence-corrected chi connectivity index (χ0v) is 10.2. The molecule has 2 aromatic rings. The zero-order chi connectivity index (χ0) is 13.5. The van der Waals surface area contributed by atoms with E-state index in [2.05, 4.69) is 0 Å². The van der Waals surface area contributed by atoms with Crippen molar-refractivity contribution in [2.24, 2.45) is 0 Å². The molecule has 0 amide bonds. The molecule has 0 heterocycles. The standard InChI is InChI=1S/C16H13F3/c17-16(18,19)10-9-15-13-7-3-1-5-11(13)12-6-2-4-8-14(12)15/h1-8,15H,9-10H2. The van der Waals surface area contributed by atoms with Crippen LogP contribution in [0.5, 0.6) is 0 Å². The van der Waals surface area contributed by atoms with Crippen LogP contribution in [0.25, 0.3) is 11.1 Å². The molecule has 0 radical (unpaired) electrons. The molecule has 3 rings (SSSR count). The van der Waals surface area contributed by atoms with Crippen molar-refractivity contribution in [1.29, 1.82) is 0 Å². The van der Waals surface area contributed by atoms with Crippen LogP contribution in [0.3, 0.4) is 0 Å². The van der Waals surface area contributed by atoms with Gasteiger partial charge < -0.3 is 0 Å². The van der Waals surface area contributed by atoms with Crippen LogP contribution in [0.1, 0.15) is 29.9 Å². The van der Waals surface area contributed by atoms with Crippen molar-refractivity contribution in [2.75, 3.05) is 0 Å². The first-order valence-electron chi connectivity index (χ1n) is 6.31. The summed E-state index contributed by atoms with van der Waals surface area (Å²) in [4.78, 5) is 0. The predicted molar refractivity (Wildman–Crippen MR) is 69.0 cm³/mol. The van der Waals surface area contributed by atoms with Crippen molar-refractivity contribution in [3.05, 3.63) is 59.7 Å². The minimum absolute atomic E-state index is 0.123. The van der Waals surface area contributed by atoms with Gasteiger partial charge in [0.15, 0.2) is 0 Å². The third-order valence-corrected chi connectivity index (χ3v) is 3.68. The van der Waals surface area contributed by atoms with Gasteiger partial charge >= 0.3 is 6.18 Å². The normalized spacial score (nSPS) is 14.3. The van der Waals surface area contributed by atoms with Gasteiger partial charge in [0, 0.05) is 12.3 Å². The molecular formula is C16H13F3. The molecule has 0 aromatic heterocycles. The maximum absolute atomic E-state index is 12.5. The molecule has 0 fully saturated rings. The SMILES string of the molecule is FC(F)(F)CCC1c2ccccc2-c2ccccc21. The van der Waals surface area contributed by atoms with E-state index in [9.17, 15) is 13.2 Å². The molecule has 0 spiro atoms. The van der Waals surface area contributed by atoms with Crippen molar-refractivity contribution in [2.45, 2.75) is 24.9 Å². The van der Waals surface area contributed by atoms with Gasteiger partial charge in [0.1, 0.15) is 0 Å². The Bertz CT molecular complexity index is 553. The fourth-order valence-electron chi connectivity index (χ4n) is 2.88. The number of rotatable bonds is 2. The maximum atomic E-state index is 12.5. The van der Waals surface area contributed by atoms with Crippen LogP contribution in [0.15, 0.2) is 48.5 Å². The Kier molecular flexibility index (Phi) is 2.85. The van der Waals surface area contributed by atoms with Crippen LogP contribution in [0.4, 0.5) is 13.2 Å². The summed E-state index contributed by atoms with van der Waals surface area (Å²) in [5.41, 5.74) is 4.19. The summed E-state index contributed by atoms with van der Waals surface area (Å²) in [7, 11) is 0. The van der Waals surface area contributed by atoms with Gasteiger partial charge in [-0.2, -0.15) is 13.2 Å². The fourth-order valence-corrected chi connectivity index (χ4v) is 2.88. The van der Waals surface area contributed by atoms with E-state index < -0.39 is 12.6 Å². The van der Waals surface area contributed by atoms with Gasteiger partial charge in [-0.3, -0.25) is 0 Å². The van der Waals surface area contributed by atoms with Crippen molar-refractivity contribution >= 4 is 0 Å². The molecule has 98 valence electrons. The van der Waals surface area contributed by atoms with Gasteiger partial charge in [0.25, 0.3) is 0 Å². The van der Waals surface area contributed by atoms with Crippen LogP contribution < -0.4 is 0 Å². The van der Waals surface area contributed by atoms with E-state index in [0.717, 1.165) is 22.3 Å². The molecule has 0 unspecified atom stereocenters. The second kappa shape index (κ2) is 4.41. The molecule has 3 heteroatoms. The Morgan fingerprint density at radius 1 is 0.789 bits per heavy atom. The summed E-state index contributed by atoms with van der Waals surface area (Å²) in [6.45, 7) is 0. The lowest BCUT2D eigenvalue weighted by molar-refractivity contribution is -0.135. The number of alkyl halides is 3. The predicted octanol–water partition coefficient (Wildman–Crippen LogP) is 5.14. The van der Waals surface area contributed by atoms with Crippen LogP contribution in [-0.2, 0) is 0 Å². The van der Waals surface area contributed by atoms with Crippen LogP contribution in [0.2, 0.25) is 0 Å². The number of benzene rings is 2. The maximum Gasteiger partial charge on any atom is 0.389 e. The second-order valence-corrected chi connectivity index (χ2v) is 4.88. The first kappa shape index (κ1) is 12.3. The van der Waals surface area contributed by atoms with E-state index in [1.165, 1.54) is 0 Å². The van der Waals surface area contributed by atoms with Gasteiger partial charge in [0.2, 0.25) is 0 Å². The van der Waals surface area contributed by atoms with Gasteiger partial charge in [-0.15, -0.1) is 0 Å². The molecule has 1 aliphatic carbocycles. The van der Waals surface area contributed by atoms with Crippen LogP contribution in [-0.4, -0.2) is 6.18 Å². The van der Waals surface area contributed by atoms with E-state index in [4.69, 9.17) is 0 Å². The Morgan fingerprint density at radius 2 is 1.26 bits per heavy atom. The molecule has 0 aliphatic heterocycles. The quantitative estimate of drug-likeness (QED) is 0.702. The van der Waals surface area contributed by atoms with Crippen LogP contribution >= 0.6 is 0 Å². The van der Waals surface area contributed by atoms with Gasteiger partial charge in [-0.25, -0.2) is 0 Å². The van der Waals surface area contributed by atoms with Gasteiger partial charge in [-0.1, -0.05) is 48.5 Å². The fraction of sp³-hybridized carbons (Fsp3) is 0.250. The average Bonchev–Trinajstić information content (AvgIpc) is 2.70. The van der Waals surface area contributed by atoms with Gasteiger partial charge in [0.05, 0.1) is 0 Å². The number of fused-ring (bicyclic) bond motifs is 3. The lowest BCUT2D eigenvalue weighted by Crippen LogP contribution is -2.09. The molecule has 0 bridgehead atoms. The lowest BCUT2D eigenvalue weighted by atomic mass is 9.92. The minimum atomic E-state index is -4.09. The van der Waals surface area contributed by atoms with E-state index >= 15 is 0 Å². The molecule has 0 saturated carbocycles. The summed E-state index contributed by atoms with van der Waals surface area (Å²) >= 11 is 0. The van der Waals surface area contributed by atoms with E-state index in [1.54, 1.807) is 0 Å². The summed E-state index contributed by atoms with van der Waals surface area (Å²) in [5.74, 6) is -0.131. The summed E-state index contributed by atoms with van der Waals surface area (Å²) in [6.07, 6.45) is -4.70. The van der Waals surface area contributed by atoms with Crippen molar-refractivity contribution in [3.63, 3.8) is 0 Å².